The Hall–Kier alpha value is -2.11. The number of rotatable bonds is 3. The Balaban J connectivity index is 2.18. The van der Waals surface area contributed by atoms with Crippen LogP contribution in [-0.2, 0) is 12.7 Å². The summed E-state index contributed by atoms with van der Waals surface area (Å²) in [5, 5.41) is 0. The van der Waals surface area contributed by atoms with Crippen LogP contribution in [0, 0.1) is 6.92 Å². The molecule has 1 aromatic carbocycles. The fraction of sp³-hybridized carbons (Fsp3) is 0.286. The highest BCUT2D eigenvalue weighted by Gasteiger charge is 2.30. The van der Waals surface area contributed by atoms with Gasteiger partial charge in [0.25, 0.3) is 0 Å². The molecular formula is C14H14F3N3. The zero-order chi connectivity index (χ0) is 14.8. The van der Waals surface area contributed by atoms with Crippen molar-refractivity contribution >= 4 is 5.82 Å². The van der Waals surface area contributed by atoms with Crippen LogP contribution in [0.25, 0.3) is 0 Å². The average molecular weight is 281 g/mol. The van der Waals surface area contributed by atoms with Crippen molar-refractivity contribution in [2.75, 3.05) is 11.9 Å². The molecule has 1 aromatic heterocycles. The van der Waals surface area contributed by atoms with Gasteiger partial charge in [0.1, 0.15) is 12.1 Å². The van der Waals surface area contributed by atoms with Crippen molar-refractivity contribution in [3.05, 3.63) is 53.5 Å². The number of alkyl halides is 3. The van der Waals surface area contributed by atoms with Crippen LogP contribution in [0.1, 0.15) is 16.8 Å². The molecule has 0 aliphatic carbocycles. The maximum atomic E-state index is 12.6. The molecule has 0 fully saturated rings. The van der Waals surface area contributed by atoms with Crippen LogP contribution < -0.4 is 4.90 Å². The topological polar surface area (TPSA) is 29.0 Å². The first-order valence-electron chi connectivity index (χ1n) is 6.02. The number of anilines is 1. The summed E-state index contributed by atoms with van der Waals surface area (Å²) in [6.07, 6.45) is -2.88. The van der Waals surface area contributed by atoms with Crippen LogP contribution in [-0.4, -0.2) is 17.0 Å². The number of nitrogens with zero attached hydrogens (tertiary/aromatic N) is 3. The zero-order valence-electron chi connectivity index (χ0n) is 11.1. The molecular weight excluding hydrogens is 267 g/mol. The summed E-state index contributed by atoms with van der Waals surface area (Å²) in [7, 11) is 1.78. The molecule has 0 aliphatic rings. The molecule has 3 nitrogen and oxygen atoms in total. The Morgan fingerprint density at radius 2 is 1.90 bits per heavy atom. The second-order valence-corrected chi connectivity index (χ2v) is 4.57. The van der Waals surface area contributed by atoms with Gasteiger partial charge < -0.3 is 4.90 Å². The molecule has 0 aliphatic heterocycles. The summed E-state index contributed by atoms with van der Waals surface area (Å²) in [5.74, 6) is 0.676. The third kappa shape index (κ3) is 3.46. The quantitative estimate of drug-likeness (QED) is 0.863. The highest BCUT2D eigenvalue weighted by Crippen LogP contribution is 2.29. The summed E-state index contributed by atoms with van der Waals surface area (Å²) in [5.41, 5.74) is 0.756. The summed E-state index contributed by atoms with van der Waals surface area (Å²) >= 11 is 0. The standard InChI is InChI=1S/C14H14F3N3/c1-10-6-13(19-9-18-10)20(2)8-11-4-3-5-12(7-11)14(15,16)17/h3-7,9H,8H2,1-2H3. The molecule has 106 valence electrons. The van der Waals surface area contributed by atoms with Gasteiger partial charge in [-0.3, -0.25) is 0 Å². The lowest BCUT2D eigenvalue weighted by Gasteiger charge is -2.19. The van der Waals surface area contributed by atoms with Gasteiger partial charge in [0.15, 0.2) is 0 Å². The summed E-state index contributed by atoms with van der Waals surface area (Å²) in [6, 6.07) is 7.09. The second kappa shape index (κ2) is 5.48. The zero-order valence-corrected chi connectivity index (χ0v) is 11.1. The van der Waals surface area contributed by atoms with Crippen molar-refractivity contribution in [3.8, 4) is 0 Å². The van der Waals surface area contributed by atoms with Gasteiger partial charge in [0.2, 0.25) is 0 Å². The van der Waals surface area contributed by atoms with E-state index >= 15 is 0 Å². The third-order valence-electron chi connectivity index (χ3n) is 2.85. The van der Waals surface area contributed by atoms with Gasteiger partial charge in [-0.1, -0.05) is 12.1 Å². The van der Waals surface area contributed by atoms with Gasteiger partial charge in [-0.05, 0) is 24.6 Å². The van der Waals surface area contributed by atoms with Gasteiger partial charge in [-0.15, -0.1) is 0 Å². The molecule has 20 heavy (non-hydrogen) atoms. The van der Waals surface area contributed by atoms with Crippen molar-refractivity contribution in [1.82, 2.24) is 9.97 Å². The molecule has 0 saturated heterocycles. The molecule has 2 aromatic rings. The molecule has 0 saturated carbocycles. The predicted octanol–water partition coefficient (Wildman–Crippen LogP) is 3.44. The Kier molecular flexibility index (Phi) is 3.92. The number of aromatic nitrogens is 2. The number of hydrogen-bond acceptors (Lipinski definition) is 3. The Morgan fingerprint density at radius 3 is 2.55 bits per heavy atom. The maximum Gasteiger partial charge on any atom is 0.416 e. The number of halogens is 3. The Labute approximate surface area is 115 Å². The van der Waals surface area contributed by atoms with E-state index in [1.54, 1.807) is 24.1 Å². The summed E-state index contributed by atoms with van der Waals surface area (Å²) in [6.45, 7) is 2.18. The van der Waals surface area contributed by atoms with E-state index in [0.29, 0.717) is 17.9 Å². The van der Waals surface area contributed by atoms with E-state index in [2.05, 4.69) is 9.97 Å². The Bertz CT molecular complexity index is 596. The van der Waals surface area contributed by atoms with Gasteiger partial charge in [0.05, 0.1) is 5.56 Å². The van der Waals surface area contributed by atoms with Gasteiger partial charge in [-0.25, -0.2) is 9.97 Å². The highest BCUT2D eigenvalue weighted by molar-refractivity contribution is 5.39. The normalized spacial score (nSPS) is 11.4. The first-order chi connectivity index (χ1) is 9.36. The second-order valence-electron chi connectivity index (χ2n) is 4.57. The largest absolute Gasteiger partial charge is 0.416 e. The van der Waals surface area contributed by atoms with E-state index in [4.69, 9.17) is 0 Å². The maximum absolute atomic E-state index is 12.6. The highest BCUT2D eigenvalue weighted by atomic mass is 19.4. The lowest BCUT2D eigenvalue weighted by Crippen LogP contribution is -2.18. The van der Waals surface area contributed by atoms with Gasteiger partial charge in [-0.2, -0.15) is 13.2 Å². The average Bonchev–Trinajstić information content (AvgIpc) is 2.38. The minimum absolute atomic E-state index is 0.348. The van der Waals surface area contributed by atoms with Crippen LogP contribution in [0.5, 0.6) is 0 Å². The molecule has 0 N–H and O–H groups in total. The predicted molar refractivity (Wildman–Crippen MR) is 70.3 cm³/mol. The molecule has 0 atom stereocenters. The Morgan fingerprint density at radius 1 is 1.15 bits per heavy atom. The molecule has 0 spiro atoms. The monoisotopic (exact) mass is 281 g/mol. The van der Waals surface area contributed by atoms with Gasteiger partial charge >= 0.3 is 6.18 Å². The SMILES string of the molecule is Cc1cc(N(C)Cc2cccc(C(F)(F)F)c2)ncn1. The minimum Gasteiger partial charge on any atom is -0.355 e. The van der Waals surface area contributed by atoms with Crippen LogP contribution in [0.2, 0.25) is 0 Å². The van der Waals surface area contributed by atoms with Crippen molar-refractivity contribution in [1.29, 1.82) is 0 Å². The van der Waals surface area contributed by atoms with E-state index in [9.17, 15) is 13.2 Å². The molecule has 6 heteroatoms. The van der Waals surface area contributed by atoms with E-state index in [1.165, 1.54) is 12.4 Å². The van der Waals surface area contributed by atoms with E-state index in [-0.39, 0.29) is 0 Å². The van der Waals surface area contributed by atoms with Crippen LogP contribution in [0.15, 0.2) is 36.7 Å². The van der Waals surface area contributed by atoms with Crippen LogP contribution in [0.3, 0.4) is 0 Å². The first-order valence-corrected chi connectivity index (χ1v) is 6.02. The van der Waals surface area contributed by atoms with E-state index in [0.717, 1.165) is 17.8 Å². The smallest absolute Gasteiger partial charge is 0.355 e. The van der Waals surface area contributed by atoms with E-state index < -0.39 is 11.7 Å². The molecule has 2 rings (SSSR count). The van der Waals surface area contributed by atoms with Crippen molar-refractivity contribution in [2.24, 2.45) is 0 Å². The molecule has 1 heterocycles. The summed E-state index contributed by atoms with van der Waals surface area (Å²) in [4.78, 5) is 9.87. The third-order valence-corrected chi connectivity index (χ3v) is 2.85. The molecule has 0 bridgehead atoms. The number of aryl methyl sites for hydroxylation is 1. The minimum atomic E-state index is -4.32. The lowest BCUT2D eigenvalue weighted by molar-refractivity contribution is -0.137. The number of hydrogen-bond donors (Lipinski definition) is 0. The number of benzene rings is 1. The summed E-state index contributed by atoms with van der Waals surface area (Å²) < 4.78 is 37.9. The fourth-order valence-electron chi connectivity index (χ4n) is 1.85. The molecule has 0 amide bonds. The van der Waals surface area contributed by atoms with Crippen LogP contribution in [0.4, 0.5) is 19.0 Å². The van der Waals surface area contributed by atoms with Crippen molar-refractivity contribution in [3.63, 3.8) is 0 Å². The fourth-order valence-corrected chi connectivity index (χ4v) is 1.85. The van der Waals surface area contributed by atoms with Crippen molar-refractivity contribution < 1.29 is 13.2 Å². The van der Waals surface area contributed by atoms with Gasteiger partial charge in [0, 0.05) is 25.4 Å². The van der Waals surface area contributed by atoms with Crippen molar-refractivity contribution in [2.45, 2.75) is 19.6 Å². The molecule has 0 unspecified atom stereocenters. The molecule has 0 radical (unpaired) electrons. The van der Waals surface area contributed by atoms with E-state index in [1.807, 2.05) is 6.92 Å². The van der Waals surface area contributed by atoms with Crippen LogP contribution >= 0.6 is 0 Å². The lowest BCUT2D eigenvalue weighted by atomic mass is 10.1. The first kappa shape index (κ1) is 14.3.